The minimum atomic E-state index is -0.629. The van der Waals surface area contributed by atoms with Crippen LogP contribution in [-0.2, 0) is 0 Å². The highest BCUT2D eigenvalue weighted by molar-refractivity contribution is 5.89. The van der Waals surface area contributed by atoms with Crippen LogP contribution in [0.25, 0.3) is 0 Å². The maximum absolute atomic E-state index is 12.4. The SMILES string of the molecule is COc1ccccc1[C@H](NC(=O)Nc1ccncc1)c1noc(C)n1. The first-order valence-corrected chi connectivity index (χ1v) is 7.58. The number of carbonyl (C=O) groups is 1. The molecule has 0 spiro atoms. The average molecular weight is 339 g/mol. The monoisotopic (exact) mass is 339 g/mol. The molecule has 0 aliphatic rings. The Hall–Kier alpha value is -3.42. The fraction of sp³-hybridized carbons (Fsp3) is 0.176. The number of nitrogens with one attached hydrogen (secondary N) is 2. The number of anilines is 1. The number of rotatable bonds is 5. The van der Waals surface area contributed by atoms with Crippen molar-refractivity contribution in [1.29, 1.82) is 0 Å². The molecule has 2 heterocycles. The van der Waals surface area contributed by atoms with Gasteiger partial charge >= 0.3 is 6.03 Å². The largest absolute Gasteiger partial charge is 0.496 e. The highest BCUT2D eigenvalue weighted by Crippen LogP contribution is 2.28. The molecule has 8 heteroatoms. The first-order chi connectivity index (χ1) is 12.2. The molecule has 3 rings (SSSR count). The van der Waals surface area contributed by atoms with E-state index in [2.05, 4.69) is 25.8 Å². The number of nitrogens with zero attached hydrogens (tertiary/aromatic N) is 3. The first-order valence-electron chi connectivity index (χ1n) is 7.58. The van der Waals surface area contributed by atoms with Gasteiger partial charge in [-0.1, -0.05) is 23.4 Å². The predicted octanol–water partition coefficient (Wildman–Crippen LogP) is 2.69. The average Bonchev–Trinajstić information content (AvgIpc) is 3.06. The molecule has 0 bridgehead atoms. The number of amides is 2. The zero-order valence-corrected chi connectivity index (χ0v) is 13.8. The molecule has 1 atom stereocenters. The molecule has 2 N–H and O–H groups in total. The summed E-state index contributed by atoms with van der Waals surface area (Å²) in [6, 6.07) is 9.67. The van der Waals surface area contributed by atoms with Crippen LogP contribution in [0.1, 0.15) is 23.3 Å². The molecule has 2 amide bonds. The molecular formula is C17H17N5O3. The number of benzene rings is 1. The van der Waals surface area contributed by atoms with Gasteiger partial charge in [0.05, 0.1) is 7.11 Å². The summed E-state index contributed by atoms with van der Waals surface area (Å²) < 4.78 is 10.4. The topological polar surface area (TPSA) is 102 Å². The van der Waals surface area contributed by atoms with E-state index in [1.54, 1.807) is 44.6 Å². The van der Waals surface area contributed by atoms with Gasteiger partial charge < -0.3 is 19.9 Å². The molecule has 0 radical (unpaired) electrons. The number of ether oxygens (including phenoxy) is 1. The van der Waals surface area contributed by atoms with E-state index < -0.39 is 12.1 Å². The number of aromatic nitrogens is 3. The Morgan fingerprint density at radius 2 is 1.96 bits per heavy atom. The quantitative estimate of drug-likeness (QED) is 0.741. The van der Waals surface area contributed by atoms with Gasteiger partial charge in [0.25, 0.3) is 0 Å². The lowest BCUT2D eigenvalue weighted by atomic mass is 10.1. The maximum Gasteiger partial charge on any atom is 0.320 e. The fourth-order valence-corrected chi connectivity index (χ4v) is 2.35. The standard InChI is InChI=1S/C17H17N5O3/c1-11-19-16(22-25-11)15(13-5-3-4-6-14(13)24-2)21-17(23)20-12-7-9-18-10-8-12/h3-10,15H,1-2H3,(H2,18,20,21,23)/t15-/m0/s1. The van der Waals surface area contributed by atoms with Gasteiger partial charge in [-0.15, -0.1) is 0 Å². The Morgan fingerprint density at radius 1 is 1.20 bits per heavy atom. The molecule has 3 aromatic rings. The van der Waals surface area contributed by atoms with E-state index in [1.165, 1.54) is 0 Å². The summed E-state index contributed by atoms with van der Waals surface area (Å²) in [5.41, 5.74) is 1.34. The van der Waals surface area contributed by atoms with Gasteiger partial charge in [0, 0.05) is 30.6 Å². The van der Waals surface area contributed by atoms with Crippen molar-refractivity contribution in [3.8, 4) is 5.75 Å². The molecule has 0 fully saturated rings. The highest BCUT2D eigenvalue weighted by atomic mass is 16.5. The van der Waals surface area contributed by atoms with Gasteiger partial charge in [-0.2, -0.15) is 4.98 Å². The van der Waals surface area contributed by atoms with Crippen molar-refractivity contribution < 1.29 is 14.1 Å². The van der Waals surface area contributed by atoms with Crippen LogP contribution in [0, 0.1) is 6.92 Å². The predicted molar refractivity (Wildman–Crippen MR) is 90.3 cm³/mol. The Balaban J connectivity index is 1.88. The Labute approximate surface area is 144 Å². The van der Waals surface area contributed by atoms with Crippen LogP contribution in [0.3, 0.4) is 0 Å². The molecule has 0 saturated carbocycles. The van der Waals surface area contributed by atoms with Crippen molar-refractivity contribution in [1.82, 2.24) is 20.4 Å². The van der Waals surface area contributed by atoms with E-state index in [1.807, 2.05) is 18.2 Å². The van der Waals surface area contributed by atoms with Crippen molar-refractivity contribution in [2.45, 2.75) is 13.0 Å². The van der Waals surface area contributed by atoms with Crippen molar-refractivity contribution in [2.75, 3.05) is 12.4 Å². The lowest BCUT2D eigenvalue weighted by molar-refractivity contribution is 0.249. The molecular weight excluding hydrogens is 322 g/mol. The van der Waals surface area contributed by atoms with Crippen molar-refractivity contribution in [2.24, 2.45) is 0 Å². The maximum atomic E-state index is 12.4. The summed E-state index contributed by atoms with van der Waals surface area (Å²) in [4.78, 5) is 20.6. The first kappa shape index (κ1) is 16.4. The lowest BCUT2D eigenvalue weighted by Gasteiger charge is -2.18. The second kappa shape index (κ2) is 7.43. The summed E-state index contributed by atoms with van der Waals surface area (Å²) in [6.45, 7) is 1.69. The molecule has 8 nitrogen and oxygen atoms in total. The van der Waals surface area contributed by atoms with Crippen LogP contribution < -0.4 is 15.4 Å². The smallest absolute Gasteiger partial charge is 0.320 e. The second-order valence-electron chi connectivity index (χ2n) is 5.18. The van der Waals surface area contributed by atoms with E-state index in [9.17, 15) is 4.79 Å². The number of aryl methyl sites for hydroxylation is 1. The van der Waals surface area contributed by atoms with Gasteiger partial charge in [-0.05, 0) is 18.2 Å². The zero-order valence-electron chi connectivity index (χ0n) is 13.8. The number of pyridine rings is 1. The third-order valence-electron chi connectivity index (χ3n) is 3.47. The zero-order chi connectivity index (χ0) is 17.6. The lowest BCUT2D eigenvalue weighted by Crippen LogP contribution is -2.34. The Bertz CT molecular complexity index is 850. The Morgan fingerprint density at radius 3 is 2.64 bits per heavy atom. The van der Waals surface area contributed by atoms with Gasteiger partial charge in [0.15, 0.2) is 5.82 Å². The minimum absolute atomic E-state index is 0.340. The second-order valence-corrected chi connectivity index (χ2v) is 5.18. The molecule has 0 aliphatic heterocycles. The van der Waals surface area contributed by atoms with Crippen molar-refractivity contribution in [3.05, 3.63) is 66.1 Å². The highest BCUT2D eigenvalue weighted by Gasteiger charge is 2.25. The van der Waals surface area contributed by atoms with E-state index in [0.717, 1.165) is 5.56 Å². The number of para-hydroxylation sites is 1. The van der Waals surface area contributed by atoms with Crippen LogP contribution in [-0.4, -0.2) is 28.3 Å². The van der Waals surface area contributed by atoms with Crippen molar-refractivity contribution >= 4 is 11.7 Å². The Kier molecular flexibility index (Phi) is 4.89. The van der Waals surface area contributed by atoms with Crippen molar-refractivity contribution in [3.63, 3.8) is 0 Å². The third-order valence-corrected chi connectivity index (χ3v) is 3.47. The van der Waals surface area contributed by atoms with Crippen LogP contribution >= 0.6 is 0 Å². The summed E-state index contributed by atoms with van der Waals surface area (Å²) in [5.74, 6) is 1.36. The molecule has 25 heavy (non-hydrogen) atoms. The van der Waals surface area contributed by atoms with Gasteiger partial charge in [-0.25, -0.2) is 4.79 Å². The molecule has 1 aromatic carbocycles. The van der Waals surface area contributed by atoms with Gasteiger partial charge in [-0.3, -0.25) is 4.98 Å². The molecule has 128 valence electrons. The van der Waals surface area contributed by atoms with E-state index in [4.69, 9.17) is 9.26 Å². The molecule has 0 unspecified atom stereocenters. The van der Waals surface area contributed by atoms with Gasteiger partial charge in [0.2, 0.25) is 5.89 Å². The fourth-order valence-electron chi connectivity index (χ4n) is 2.35. The summed E-state index contributed by atoms with van der Waals surface area (Å²) in [7, 11) is 1.56. The van der Waals surface area contributed by atoms with E-state index >= 15 is 0 Å². The van der Waals surface area contributed by atoms with Crippen LogP contribution in [0.5, 0.6) is 5.75 Å². The third kappa shape index (κ3) is 3.92. The molecule has 0 saturated heterocycles. The normalized spacial score (nSPS) is 11.6. The number of hydrogen-bond donors (Lipinski definition) is 2. The van der Waals surface area contributed by atoms with Crippen LogP contribution in [0.4, 0.5) is 10.5 Å². The minimum Gasteiger partial charge on any atom is -0.496 e. The van der Waals surface area contributed by atoms with E-state index in [0.29, 0.717) is 23.2 Å². The van der Waals surface area contributed by atoms with Crippen LogP contribution in [0.15, 0.2) is 53.3 Å². The summed E-state index contributed by atoms with van der Waals surface area (Å²) >= 11 is 0. The summed E-state index contributed by atoms with van der Waals surface area (Å²) in [6.07, 6.45) is 3.19. The number of carbonyl (C=O) groups excluding carboxylic acids is 1. The number of methoxy groups -OCH3 is 1. The summed E-state index contributed by atoms with van der Waals surface area (Å²) in [5, 5.41) is 9.52. The molecule has 0 aliphatic carbocycles. The number of urea groups is 1. The number of hydrogen-bond acceptors (Lipinski definition) is 6. The van der Waals surface area contributed by atoms with E-state index in [-0.39, 0.29) is 0 Å². The molecule has 2 aromatic heterocycles. The van der Waals surface area contributed by atoms with Crippen LogP contribution in [0.2, 0.25) is 0 Å². The van der Waals surface area contributed by atoms with Gasteiger partial charge in [0.1, 0.15) is 11.8 Å².